The monoisotopic (exact) mass is 318 g/mol. The van der Waals surface area contributed by atoms with Gasteiger partial charge >= 0.3 is 0 Å². The van der Waals surface area contributed by atoms with Crippen LogP contribution in [0.2, 0.25) is 0 Å². The molecule has 0 heterocycles. The van der Waals surface area contributed by atoms with Crippen molar-refractivity contribution in [3.05, 3.63) is 64.8 Å². The first kappa shape index (κ1) is 19.3. The van der Waals surface area contributed by atoms with Gasteiger partial charge in [0.25, 0.3) is 0 Å². The van der Waals surface area contributed by atoms with E-state index in [-0.39, 0.29) is 5.92 Å². The fourth-order valence-corrected chi connectivity index (χ4v) is 2.98. The smallest absolute Gasteiger partial charge is 0.134 e. The molecule has 0 aliphatic carbocycles. The van der Waals surface area contributed by atoms with E-state index < -0.39 is 11.6 Å². The SMILES string of the molecule is C/C=C\C=C/C(=C(C)C)c1c(F)cc(F)cc1C(CC)C(C)C. The van der Waals surface area contributed by atoms with E-state index in [0.717, 1.165) is 29.2 Å². The summed E-state index contributed by atoms with van der Waals surface area (Å²) in [5.74, 6) is -0.552. The molecule has 126 valence electrons. The van der Waals surface area contributed by atoms with Gasteiger partial charge in [0.1, 0.15) is 11.6 Å². The molecular formula is C21H28F2. The van der Waals surface area contributed by atoms with Crippen LogP contribution in [0.25, 0.3) is 5.57 Å². The third-order valence-corrected chi connectivity index (χ3v) is 4.10. The highest BCUT2D eigenvalue weighted by molar-refractivity contribution is 5.79. The van der Waals surface area contributed by atoms with E-state index >= 15 is 0 Å². The first-order valence-electron chi connectivity index (χ1n) is 8.29. The van der Waals surface area contributed by atoms with Gasteiger partial charge in [-0.15, -0.1) is 0 Å². The maximum Gasteiger partial charge on any atom is 0.134 e. The van der Waals surface area contributed by atoms with Gasteiger partial charge < -0.3 is 0 Å². The van der Waals surface area contributed by atoms with Gasteiger partial charge in [0.05, 0.1) is 0 Å². The standard InChI is InChI=1S/C21H28F2/c1-7-9-10-11-18(15(5)6)21-19(17(8-2)14(3)4)12-16(22)13-20(21)23/h7,9-14,17H,8H2,1-6H3/b9-7-,11-10-. The Hall–Kier alpha value is -1.70. The van der Waals surface area contributed by atoms with Gasteiger partial charge in [-0.3, -0.25) is 0 Å². The molecule has 1 aromatic rings. The molecule has 2 heteroatoms. The minimum atomic E-state index is -0.508. The van der Waals surface area contributed by atoms with Crippen LogP contribution in [-0.4, -0.2) is 0 Å². The zero-order chi connectivity index (χ0) is 17.6. The van der Waals surface area contributed by atoms with Crippen molar-refractivity contribution >= 4 is 5.57 Å². The third-order valence-electron chi connectivity index (χ3n) is 4.10. The normalized spacial score (nSPS) is 13.3. The van der Waals surface area contributed by atoms with Crippen LogP contribution < -0.4 is 0 Å². The zero-order valence-electron chi connectivity index (χ0n) is 15.1. The number of benzene rings is 1. The Morgan fingerprint density at radius 2 is 1.78 bits per heavy atom. The van der Waals surface area contributed by atoms with E-state index in [2.05, 4.69) is 20.8 Å². The fraction of sp³-hybridized carbons (Fsp3) is 0.429. The Balaban J connectivity index is 3.64. The van der Waals surface area contributed by atoms with Crippen molar-refractivity contribution in [2.75, 3.05) is 0 Å². The van der Waals surface area contributed by atoms with Gasteiger partial charge in [0.15, 0.2) is 0 Å². The first-order chi connectivity index (χ1) is 10.8. The van der Waals surface area contributed by atoms with Crippen molar-refractivity contribution in [3.8, 4) is 0 Å². The summed E-state index contributed by atoms with van der Waals surface area (Å²) in [4.78, 5) is 0. The predicted molar refractivity (Wildman–Crippen MR) is 96.5 cm³/mol. The second-order valence-corrected chi connectivity index (χ2v) is 6.41. The van der Waals surface area contributed by atoms with E-state index in [0.29, 0.717) is 11.5 Å². The van der Waals surface area contributed by atoms with Crippen LogP contribution in [0.4, 0.5) is 8.78 Å². The second-order valence-electron chi connectivity index (χ2n) is 6.41. The lowest BCUT2D eigenvalue weighted by Crippen LogP contribution is -2.11. The molecule has 0 N–H and O–H groups in total. The van der Waals surface area contributed by atoms with Gasteiger partial charge in [-0.05, 0) is 56.2 Å². The first-order valence-corrected chi connectivity index (χ1v) is 8.29. The summed E-state index contributed by atoms with van der Waals surface area (Å²) < 4.78 is 28.5. The van der Waals surface area contributed by atoms with Crippen LogP contribution >= 0.6 is 0 Å². The van der Waals surface area contributed by atoms with Crippen LogP contribution in [-0.2, 0) is 0 Å². The molecule has 0 saturated carbocycles. The van der Waals surface area contributed by atoms with E-state index in [1.54, 1.807) is 0 Å². The summed E-state index contributed by atoms with van der Waals surface area (Å²) >= 11 is 0. The Morgan fingerprint density at radius 1 is 1.13 bits per heavy atom. The highest BCUT2D eigenvalue weighted by atomic mass is 19.1. The zero-order valence-corrected chi connectivity index (χ0v) is 15.1. The van der Waals surface area contributed by atoms with Crippen LogP contribution in [0.1, 0.15) is 65.0 Å². The van der Waals surface area contributed by atoms with E-state index in [9.17, 15) is 8.78 Å². The molecule has 23 heavy (non-hydrogen) atoms. The molecule has 0 spiro atoms. The Labute approximate surface area is 139 Å². The van der Waals surface area contributed by atoms with Crippen molar-refractivity contribution in [1.29, 1.82) is 0 Å². The summed E-state index contributed by atoms with van der Waals surface area (Å²) in [7, 11) is 0. The van der Waals surface area contributed by atoms with Gasteiger partial charge in [0, 0.05) is 11.6 Å². The second kappa shape index (κ2) is 8.81. The van der Waals surface area contributed by atoms with Gasteiger partial charge in [-0.25, -0.2) is 8.78 Å². The summed E-state index contributed by atoms with van der Waals surface area (Å²) in [6.45, 7) is 12.1. The van der Waals surface area contributed by atoms with Crippen molar-refractivity contribution in [2.24, 2.45) is 5.92 Å². The quantitative estimate of drug-likeness (QED) is 0.493. The lowest BCUT2D eigenvalue weighted by molar-refractivity contribution is 0.476. The average Bonchev–Trinajstić information content (AvgIpc) is 2.44. The molecule has 1 aromatic carbocycles. The highest BCUT2D eigenvalue weighted by Crippen LogP contribution is 2.37. The van der Waals surface area contributed by atoms with E-state index in [1.165, 1.54) is 6.07 Å². The topological polar surface area (TPSA) is 0 Å². The maximum atomic E-state index is 14.7. The fourth-order valence-electron chi connectivity index (χ4n) is 2.98. The Bertz CT molecular complexity index is 615. The van der Waals surface area contributed by atoms with Crippen molar-refractivity contribution in [1.82, 2.24) is 0 Å². The van der Waals surface area contributed by atoms with E-state index in [4.69, 9.17) is 0 Å². The number of hydrogen-bond donors (Lipinski definition) is 0. The van der Waals surface area contributed by atoms with Gasteiger partial charge in [-0.1, -0.05) is 50.6 Å². The van der Waals surface area contributed by atoms with Gasteiger partial charge in [0.2, 0.25) is 0 Å². The molecule has 0 aliphatic heterocycles. The molecule has 1 unspecified atom stereocenters. The molecule has 1 atom stereocenters. The minimum Gasteiger partial charge on any atom is -0.207 e. The molecule has 0 aromatic heterocycles. The predicted octanol–water partition coefficient (Wildman–Crippen LogP) is 7.04. The molecule has 1 rings (SSSR count). The van der Waals surface area contributed by atoms with Gasteiger partial charge in [-0.2, -0.15) is 0 Å². The van der Waals surface area contributed by atoms with Crippen LogP contribution in [0.3, 0.4) is 0 Å². The summed E-state index contributed by atoms with van der Waals surface area (Å²) in [5.41, 5.74) is 3.14. The van der Waals surface area contributed by atoms with Crippen LogP contribution in [0.5, 0.6) is 0 Å². The van der Waals surface area contributed by atoms with Crippen molar-refractivity contribution < 1.29 is 8.78 Å². The average molecular weight is 318 g/mol. The number of halogens is 2. The third kappa shape index (κ3) is 4.89. The molecule has 0 nitrogen and oxygen atoms in total. The summed E-state index contributed by atoms with van der Waals surface area (Å²) in [6.07, 6.45) is 8.48. The molecule has 0 radical (unpaired) electrons. The number of hydrogen-bond acceptors (Lipinski definition) is 0. The molecule has 0 aliphatic rings. The molecular weight excluding hydrogens is 290 g/mol. The summed E-state index contributed by atoms with van der Waals surface area (Å²) in [6, 6.07) is 2.48. The largest absolute Gasteiger partial charge is 0.207 e. The molecule has 0 amide bonds. The molecule has 0 saturated heterocycles. The lowest BCUT2D eigenvalue weighted by atomic mass is 9.81. The lowest BCUT2D eigenvalue weighted by Gasteiger charge is -2.24. The van der Waals surface area contributed by atoms with Crippen LogP contribution in [0, 0.1) is 17.6 Å². The maximum absolute atomic E-state index is 14.7. The Kier molecular flexibility index (Phi) is 7.41. The summed E-state index contributed by atoms with van der Waals surface area (Å²) in [5, 5.41) is 0. The van der Waals surface area contributed by atoms with Crippen molar-refractivity contribution in [3.63, 3.8) is 0 Å². The van der Waals surface area contributed by atoms with E-state index in [1.807, 2.05) is 45.1 Å². The Morgan fingerprint density at radius 3 is 2.26 bits per heavy atom. The minimum absolute atomic E-state index is 0.125. The molecule has 0 bridgehead atoms. The highest BCUT2D eigenvalue weighted by Gasteiger charge is 2.23. The molecule has 0 fully saturated rings. The van der Waals surface area contributed by atoms with Crippen LogP contribution in [0.15, 0.2) is 42.0 Å². The van der Waals surface area contributed by atoms with Crippen molar-refractivity contribution in [2.45, 2.75) is 53.9 Å². The number of rotatable bonds is 6. The number of allylic oxidation sites excluding steroid dienone is 6.